The standard InChI is InChI=1S/C25H32N2O3/c1-3-5-16-26-24(28)21-12-8-9-13-22(21)27-25(29)23(4-2)30-20-15-14-18-10-6-7-11-19(18)17-20/h8-9,12-15,17,23H,3-7,10-11,16H2,1-2H3,(H,26,28)(H,27,29)/t23-/m1/s1. The number of hydrogen-bond donors (Lipinski definition) is 2. The second kappa shape index (κ2) is 10.8. The number of unbranched alkanes of at least 4 members (excludes halogenated alkanes) is 1. The van der Waals surface area contributed by atoms with E-state index in [2.05, 4.69) is 29.7 Å². The van der Waals surface area contributed by atoms with Crippen LogP contribution in [0.3, 0.4) is 0 Å². The van der Waals surface area contributed by atoms with Crippen molar-refractivity contribution in [3.63, 3.8) is 0 Å². The number of nitrogens with one attached hydrogen (secondary N) is 2. The van der Waals surface area contributed by atoms with Crippen molar-refractivity contribution in [2.45, 2.75) is 64.9 Å². The Kier molecular flexibility index (Phi) is 7.89. The average Bonchev–Trinajstić information content (AvgIpc) is 2.77. The van der Waals surface area contributed by atoms with Crippen molar-refractivity contribution in [3.05, 3.63) is 59.2 Å². The van der Waals surface area contributed by atoms with Gasteiger partial charge in [0.1, 0.15) is 5.75 Å². The van der Waals surface area contributed by atoms with E-state index in [1.165, 1.54) is 24.0 Å². The van der Waals surface area contributed by atoms with Gasteiger partial charge >= 0.3 is 0 Å². The van der Waals surface area contributed by atoms with Gasteiger partial charge in [0.05, 0.1) is 11.3 Å². The molecule has 30 heavy (non-hydrogen) atoms. The summed E-state index contributed by atoms with van der Waals surface area (Å²) in [6.07, 6.45) is 6.46. The summed E-state index contributed by atoms with van der Waals surface area (Å²) in [5.41, 5.74) is 3.67. The molecule has 5 heteroatoms. The molecule has 0 aromatic heterocycles. The first-order chi connectivity index (χ1) is 14.6. The average molecular weight is 409 g/mol. The fourth-order valence-corrected chi connectivity index (χ4v) is 3.75. The molecule has 0 radical (unpaired) electrons. The van der Waals surface area contributed by atoms with Gasteiger partial charge in [-0.15, -0.1) is 0 Å². The Morgan fingerprint density at radius 1 is 1.03 bits per heavy atom. The third-order valence-electron chi connectivity index (χ3n) is 5.51. The summed E-state index contributed by atoms with van der Waals surface area (Å²) in [5.74, 6) is 0.301. The van der Waals surface area contributed by atoms with Crippen LogP contribution in [0.15, 0.2) is 42.5 Å². The first kappa shape index (κ1) is 21.9. The van der Waals surface area contributed by atoms with Gasteiger partial charge in [-0.25, -0.2) is 0 Å². The maximum absolute atomic E-state index is 12.9. The van der Waals surface area contributed by atoms with Crippen LogP contribution in [0.5, 0.6) is 5.75 Å². The molecule has 2 amide bonds. The molecular formula is C25H32N2O3. The summed E-state index contributed by atoms with van der Waals surface area (Å²) >= 11 is 0. The fourth-order valence-electron chi connectivity index (χ4n) is 3.75. The fraction of sp³-hybridized carbons (Fsp3) is 0.440. The monoisotopic (exact) mass is 408 g/mol. The van der Waals surface area contributed by atoms with Crippen molar-refractivity contribution < 1.29 is 14.3 Å². The molecule has 0 saturated carbocycles. The second-order valence-corrected chi connectivity index (χ2v) is 7.80. The number of rotatable bonds is 9. The topological polar surface area (TPSA) is 67.4 Å². The van der Waals surface area contributed by atoms with Crippen LogP contribution in [-0.4, -0.2) is 24.5 Å². The Balaban J connectivity index is 1.67. The maximum Gasteiger partial charge on any atom is 0.265 e. The molecule has 0 heterocycles. The Labute approximate surface area is 179 Å². The normalized spacial score (nSPS) is 13.8. The van der Waals surface area contributed by atoms with Crippen LogP contribution in [-0.2, 0) is 17.6 Å². The van der Waals surface area contributed by atoms with Crippen molar-refractivity contribution in [1.29, 1.82) is 0 Å². The van der Waals surface area contributed by atoms with Gasteiger partial charge in [0.25, 0.3) is 11.8 Å². The van der Waals surface area contributed by atoms with Gasteiger partial charge in [0.2, 0.25) is 0 Å². The van der Waals surface area contributed by atoms with Crippen LogP contribution in [0.2, 0.25) is 0 Å². The predicted octanol–water partition coefficient (Wildman–Crippen LogP) is 4.89. The summed E-state index contributed by atoms with van der Waals surface area (Å²) in [4.78, 5) is 25.4. The highest BCUT2D eigenvalue weighted by atomic mass is 16.5. The Bertz CT molecular complexity index is 878. The molecule has 0 aliphatic heterocycles. The van der Waals surface area contributed by atoms with E-state index in [4.69, 9.17) is 4.74 Å². The zero-order valence-electron chi connectivity index (χ0n) is 18.0. The maximum atomic E-state index is 12.9. The van der Waals surface area contributed by atoms with Crippen molar-refractivity contribution in [1.82, 2.24) is 5.32 Å². The van der Waals surface area contributed by atoms with Gasteiger partial charge < -0.3 is 15.4 Å². The van der Waals surface area contributed by atoms with E-state index in [0.717, 1.165) is 31.4 Å². The van der Waals surface area contributed by atoms with E-state index in [9.17, 15) is 9.59 Å². The molecule has 3 rings (SSSR count). The van der Waals surface area contributed by atoms with E-state index < -0.39 is 6.10 Å². The zero-order valence-corrected chi connectivity index (χ0v) is 18.0. The quantitative estimate of drug-likeness (QED) is 0.581. The van der Waals surface area contributed by atoms with Crippen LogP contribution in [0.1, 0.15) is 67.4 Å². The molecule has 2 N–H and O–H groups in total. The molecular weight excluding hydrogens is 376 g/mol. The first-order valence-corrected chi connectivity index (χ1v) is 11.1. The van der Waals surface area contributed by atoms with Crippen molar-refractivity contribution >= 4 is 17.5 Å². The van der Waals surface area contributed by atoms with Crippen LogP contribution < -0.4 is 15.4 Å². The highest BCUT2D eigenvalue weighted by Gasteiger charge is 2.21. The molecule has 1 aliphatic carbocycles. The molecule has 0 spiro atoms. The smallest absolute Gasteiger partial charge is 0.265 e. The molecule has 5 nitrogen and oxygen atoms in total. The zero-order chi connectivity index (χ0) is 21.3. The molecule has 1 aliphatic rings. The summed E-state index contributed by atoms with van der Waals surface area (Å²) in [5, 5.41) is 5.79. The lowest BCUT2D eigenvalue weighted by atomic mass is 9.92. The van der Waals surface area contributed by atoms with Gasteiger partial charge in [-0.1, -0.05) is 38.5 Å². The molecule has 2 aromatic rings. The van der Waals surface area contributed by atoms with Crippen LogP contribution >= 0.6 is 0 Å². The Hall–Kier alpha value is -2.82. The van der Waals surface area contributed by atoms with E-state index in [1.807, 2.05) is 19.1 Å². The van der Waals surface area contributed by atoms with Crippen LogP contribution in [0.4, 0.5) is 5.69 Å². The minimum absolute atomic E-state index is 0.178. The van der Waals surface area contributed by atoms with E-state index in [-0.39, 0.29) is 11.8 Å². The van der Waals surface area contributed by atoms with Gasteiger partial charge in [-0.2, -0.15) is 0 Å². The lowest BCUT2D eigenvalue weighted by Gasteiger charge is -2.21. The molecule has 1 atom stereocenters. The predicted molar refractivity (Wildman–Crippen MR) is 120 cm³/mol. The second-order valence-electron chi connectivity index (χ2n) is 7.80. The lowest BCUT2D eigenvalue weighted by molar-refractivity contribution is -0.122. The number of carbonyl (C=O) groups excluding carboxylic acids is 2. The minimum atomic E-state index is -0.622. The number of aryl methyl sites for hydroxylation is 2. The van der Waals surface area contributed by atoms with Crippen molar-refractivity contribution in [2.24, 2.45) is 0 Å². The number of benzene rings is 2. The number of anilines is 1. The Morgan fingerprint density at radius 2 is 1.80 bits per heavy atom. The summed E-state index contributed by atoms with van der Waals surface area (Å²) < 4.78 is 6.03. The van der Waals surface area contributed by atoms with E-state index in [1.54, 1.807) is 18.2 Å². The largest absolute Gasteiger partial charge is 0.481 e. The number of fused-ring (bicyclic) bond motifs is 1. The van der Waals surface area contributed by atoms with Gasteiger partial charge in [-0.3, -0.25) is 9.59 Å². The van der Waals surface area contributed by atoms with Crippen LogP contribution in [0, 0.1) is 0 Å². The highest BCUT2D eigenvalue weighted by Crippen LogP contribution is 2.26. The minimum Gasteiger partial charge on any atom is -0.481 e. The number of carbonyl (C=O) groups is 2. The molecule has 160 valence electrons. The van der Waals surface area contributed by atoms with Crippen molar-refractivity contribution in [3.8, 4) is 5.75 Å². The first-order valence-electron chi connectivity index (χ1n) is 11.1. The molecule has 2 aromatic carbocycles. The van der Waals surface area contributed by atoms with Crippen molar-refractivity contribution in [2.75, 3.05) is 11.9 Å². The third-order valence-corrected chi connectivity index (χ3v) is 5.51. The van der Waals surface area contributed by atoms with Gasteiger partial charge in [-0.05, 0) is 73.9 Å². The number of hydrogen-bond acceptors (Lipinski definition) is 3. The SMILES string of the molecule is CCCCNC(=O)c1ccccc1NC(=O)[C@@H](CC)Oc1ccc2c(c1)CCCC2. The molecule has 0 unspecified atom stereocenters. The lowest BCUT2D eigenvalue weighted by Crippen LogP contribution is -2.33. The summed E-state index contributed by atoms with van der Waals surface area (Å²) in [6.45, 7) is 4.62. The third kappa shape index (κ3) is 5.62. The van der Waals surface area contributed by atoms with E-state index in [0.29, 0.717) is 24.2 Å². The highest BCUT2D eigenvalue weighted by molar-refractivity contribution is 6.04. The Morgan fingerprint density at radius 3 is 2.57 bits per heavy atom. The summed E-state index contributed by atoms with van der Waals surface area (Å²) in [7, 11) is 0. The number of para-hydroxylation sites is 1. The molecule has 0 bridgehead atoms. The van der Waals surface area contributed by atoms with Gasteiger partial charge in [0, 0.05) is 6.54 Å². The number of ether oxygens (including phenoxy) is 1. The molecule has 0 saturated heterocycles. The van der Waals surface area contributed by atoms with Gasteiger partial charge in [0.15, 0.2) is 6.10 Å². The number of amides is 2. The van der Waals surface area contributed by atoms with Crippen LogP contribution in [0.25, 0.3) is 0 Å². The molecule has 0 fully saturated rings. The van der Waals surface area contributed by atoms with E-state index >= 15 is 0 Å². The summed E-state index contributed by atoms with van der Waals surface area (Å²) in [6, 6.07) is 13.2.